The molecule has 1 aliphatic carbocycles. The van der Waals surface area contributed by atoms with Gasteiger partial charge in [0.15, 0.2) is 0 Å². The highest BCUT2D eigenvalue weighted by Gasteiger charge is 2.15. The van der Waals surface area contributed by atoms with Gasteiger partial charge in [-0.3, -0.25) is 4.98 Å². The lowest BCUT2D eigenvalue weighted by Gasteiger charge is -2.18. The van der Waals surface area contributed by atoms with Gasteiger partial charge in [-0.2, -0.15) is 0 Å². The Kier molecular flexibility index (Phi) is 3.28. The van der Waals surface area contributed by atoms with E-state index in [1.165, 1.54) is 28.8 Å². The number of fused-ring (bicyclic) bond motifs is 1. The molecule has 0 spiro atoms. The van der Waals surface area contributed by atoms with Crippen LogP contribution in [0, 0.1) is 0 Å². The molecule has 90 valence electrons. The summed E-state index contributed by atoms with van der Waals surface area (Å²) >= 11 is 3.50. The third-order valence-electron chi connectivity index (χ3n) is 3.27. The van der Waals surface area contributed by atoms with E-state index >= 15 is 0 Å². The average molecular weight is 300 g/mol. The summed E-state index contributed by atoms with van der Waals surface area (Å²) in [4.78, 5) is 4.58. The minimum atomic E-state index is 1.07. The van der Waals surface area contributed by atoms with Crippen LogP contribution in [0.3, 0.4) is 0 Å². The van der Waals surface area contributed by atoms with Crippen LogP contribution in [0.4, 0.5) is 0 Å². The summed E-state index contributed by atoms with van der Waals surface area (Å²) in [5.41, 5.74) is 5.14. The number of aryl methyl sites for hydroxylation is 1. The molecule has 1 nitrogen and oxygen atoms in total. The van der Waals surface area contributed by atoms with Crippen LogP contribution in [-0.4, -0.2) is 4.98 Å². The Morgan fingerprint density at radius 2 is 1.94 bits per heavy atom. The Balaban J connectivity index is 2.04. The molecule has 0 atom stereocenters. The van der Waals surface area contributed by atoms with Crippen molar-refractivity contribution in [2.75, 3.05) is 0 Å². The van der Waals surface area contributed by atoms with Gasteiger partial charge in [-0.05, 0) is 64.0 Å². The Morgan fingerprint density at radius 3 is 2.78 bits per heavy atom. The van der Waals surface area contributed by atoms with Crippen molar-refractivity contribution in [1.29, 1.82) is 0 Å². The van der Waals surface area contributed by atoms with Crippen LogP contribution < -0.4 is 0 Å². The Hall–Kier alpha value is -1.41. The van der Waals surface area contributed by atoms with Gasteiger partial charge < -0.3 is 0 Å². The summed E-state index contributed by atoms with van der Waals surface area (Å²) in [5.74, 6) is 0. The minimum absolute atomic E-state index is 1.07. The van der Waals surface area contributed by atoms with E-state index < -0.39 is 0 Å². The zero-order valence-electron chi connectivity index (χ0n) is 10.1. The first-order chi connectivity index (χ1) is 8.83. The first kappa shape index (κ1) is 11.7. The molecule has 0 N–H and O–H groups in total. The van der Waals surface area contributed by atoms with Gasteiger partial charge in [-0.15, -0.1) is 0 Å². The number of allylic oxidation sites excluding steroid dienone is 1. The summed E-state index contributed by atoms with van der Waals surface area (Å²) < 4.78 is 1.07. The second-order valence-electron chi connectivity index (χ2n) is 4.60. The topological polar surface area (TPSA) is 12.9 Å². The number of nitrogens with zero attached hydrogens (tertiary/aromatic N) is 1. The van der Waals surface area contributed by atoms with E-state index in [2.05, 4.69) is 57.3 Å². The number of benzene rings is 1. The lowest BCUT2D eigenvalue weighted by molar-refractivity contribution is 0.810. The fraction of sp³-hybridized carbons (Fsp3) is 0.188. The molecule has 0 bridgehead atoms. The Bertz CT molecular complexity index is 587. The van der Waals surface area contributed by atoms with Gasteiger partial charge in [-0.25, -0.2) is 0 Å². The highest BCUT2D eigenvalue weighted by Crippen LogP contribution is 2.31. The SMILES string of the molecule is Brc1cnc2c(c1)CCCC2=Cc1ccccc1. The number of aromatic nitrogens is 1. The molecule has 0 unspecified atom stereocenters. The first-order valence-electron chi connectivity index (χ1n) is 6.23. The van der Waals surface area contributed by atoms with E-state index in [0.29, 0.717) is 0 Å². The third kappa shape index (κ3) is 2.39. The molecule has 2 heteroatoms. The second-order valence-corrected chi connectivity index (χ2v) is 5.51. The van der Waals surface area contributed by atoms with Crippen LogP contribution in [0.1, 0.15) is 29.7 Å². The van der Waals surface area contributed by atoms with Gasteiger partial charge >= 0.3 is 0 Å². The normalized spacial score (nSPS) is 16.6. The van der Waals surface area contributed by atoms with Crippen molar-refractivity contribution in [3.8, 4) is 0 Å². The van der Waals surface area contributed by atoms with Crippen molar-refractivity contribution >= 4 is 27.6 Å². The van der Waals surface area contributed by atoms with Gasteiger partial charge in [0.05, 0.1) is 5.69 Å². The molecule has 0 radical (unpaired) electrons. The van der Waals surface area contributed by atoms with E-state index in [9.17, 15) is 0 Å². The van der Waals surface area contributed by atoms with Gasteiger partial charge in [0, 0.05) is 10.7 Å². The molecule has 0 fully saturated rings. The standard InChI is InChI=1S/C16H14BrN/c17-15-10-14-8-4-7-13(16(14)18-11-15)9-12-5-2-1-3-6-12/h1-3,5-6,9-11H,4,7-8H2. The van der Waals surface area contributed by atoms with E-state index in [1.54, 1.807) is 0 Å². The summed E-state index contributed by atoms with van der Waals surface area (Å²) in [7, 11) is 0. The molecular weight excluding hydrogens is 286 g/mol. The summed E-state index contributed by atoms with van der Waals surface area (Å²) in [6, 6.07) is 12.7. The maximum absolute atomic E-state index is 4.58. The molecule has 1 aromatic heterocycles. The molecule has 0 amide bonds. The van der Waals surface area contributed by atoms with Crippen LogP contribution in [0.2, 0.25) is 0 Å². The average Bonchev–Trinajstić information content (AvgIpc) is 2.40. The molecular formula is C16H14BrN. The molecule has 1 heterocycles. The van der Waals surface area contributed by atoms with Crippen molar-refractivity contribution < 1.29 is 0 Å². The van der Waals surface area contributed by atoms with Crippen molar-refractivity contribution in [3.05, 3.63) is 63.9 Å². The molecule has 0 saturated carbocycles. The number of rotatable bonds is 1. The quantitative estimate of drug-likeness (QED) is 0.742. The second kappa shape index (κ2) is 5.07. The van der Waals surface area contributed by atoms with Gasteiger partial charge in [0.25, 0.3) is 0 Å². The minimum Gasteiger partial charge on any atom is -0.255 e. The Morgan fingerprint density at radius 1 is 1.11 bits per heavy atom. The third-order valence-corrected chi connectivity index (χ3v) is 3.70. The maximum atomic E-state index is 4.58. The van der Waals surface area contributed by atoms with Gasteiger partial charge in [0.1, 0.15) is 0 Å². The molecule has 3 rings (SSSR count). The monoisotopic (exact) mass is 299 g/mol. The Labute approximate surface area is 116 Å². The van der Waals surface area contributed by atoms with Crippen LogP contribution in [0.25, 0.3) is 11.6 Å². The van der Waals surface area contributed by atoms with Gasteiger partial charge in [-0.1, -0.05) is 30.3 Å². The predicted octanol–water partition coefficient (Wildman–Crippen LogP) is 4.72. The number of halogens is 1. The summed E-state index contributed by atoms with van der Waals surface area (Å²) in [6.45, 7) is 0. The zero-order valence-corrected chi connectivity index (χ0v) is 11.7. The number of pyridine rings is 1. The summed E-state index contributed by atoms with van der Waals surface area (Å²) in [6.07, 6.45) is 7.62. The molecule has 0 aliphatic heterocycles. The van der Waals surface area contributed by atoms with Crippen molar-refractivity contribution in [2.45, 2.75) is 19.3 Å². The first-order valence-corrected chi connectivity index (χ1v) is 7.02. The molecule has 2 aromatic rings. The lowest BCUT2D eigenvalue weighted by Crippen LogP contribution is -2.04. The lowest BCUT2D eigenvalue weighted by atomic mass is 9.90. The molecule has 0 saturated heterocycles. The van der Waals surface area contributed by atoms with Crippen molar-refractivity contribution in [2.24, 2.45) is 0 Å². The zero-order chi connectivity index (χ0) is 12.4. The molecule has 1 aromatic carbocycles. The van der Waals surface area contributed by atoms with Crippen molar-refractivity contribution in [3.63, 3.8) is 0 Å². The fourth-order valence-corrected chi connectivity index (χ4v) is 2.82. The highest BCUT2D eigenvalue weighted by atomic mass is 79.9. The van der Waals surface area contributed by atoms with E-state index in [-0.39, 0.29) is 0 Å². The fourth-order valence-electron chi connectivity index (χ4n) is 2.44. The van der Waals surface area contributed by atoms with Crippen LogP contribution >= 0.6 is 15.9 Å². The summed E-state index contributed by atoms with van der Waals surface area (Å²) in [5, 5.41) is 0. The largest absolute Gasteiger partial charge is 0.255 e. The highest BCUT2D eigenvalue weighted by molar-refractivity contribution is 9.10. The molecule has 18 heavy (non-hydrogen) atoms. The van der Waals surface area contributed by atoms with E-state index in [0.717, 1.165) is 17.3 Å². The van der Waals surface area contributed by atoms with E-state index in [1.807, 2.05) is 12.3 Å². The van der Waals surface area contributed by atoms with Crippen molar-refractivity contribution in [1.82, 2.24) is 4.98 Å². The van der Waals surface area contributed by atoms with Crippen LogP contribution in [0.15, 0.2) is 47.1 Å². The molecule has 1 aliphatic rings. The van der Waals surface area contributed by atoms with E-state index in [4.69, 9.17) is 0 Å². The van der Waals surface area contributed by atoms with Crippen LogP contribution in [-0.2, 0) is 6.42 Å². The number of hydrogen-bond acceptors (Lipinski definition) is 1. The predicted molar refractivity (Wildman–Crippen MR) is 79.2 cm³/mol. The smallest absolute Gasteiger partial charge is 0.0694 e. The van der Waals surface area contributed by atoms with Crippen LogP contribution in [0.5, 0.6) is 0 Å². The number of hydrogen-bond donors (Lipinski definition) is 0. The maximum Gasteiger partial charge on any atom is 0.0694 e. The van der Waals surface area contributed by atoms with Gasteiger partial charge in [0.2, 0.25) is 0 Å².